The first-order chi connectivity index (χ1) is 6.40. The van der Waals surface area contributed by atoms with E-state index >= 15 is 0 Å². The predicted molar refractivity (Wildman–Crippen MR) is 56.7 cm³/mol. The van der Waals surface area contributed by atoms with Gasteiger partial charge in [-0.05, 0) is 38.0 Å². The van der Waals surface area contributed by atoms with Crippen LogP contribution in [-0.2, 0) is 0 Å². The van der Waals surface area contributed by atoms with E-state index in [-0.39, 0.29) is 0 Å². The van der Waals surface area contributed by atoms with Crippen LogP contribution in [0.5, 0.6) is 0 Å². The average molecular weight is 179 g/mol. The Morgan fingerprint density at radius 3 is 2.85 bits per heavy atom. The van der Waals surface area contributed by atoms with Gasteiger partial charge in [0.25, 0.3) is 0 Å². The lowest BCUT2D eigenvalue weighted by molar-refractivity contribution is 0.177. The molecule has 0 spiro atoms. The lowest BCUT2D eigenvalue weighted by Gasteiger charge is -2.40. The van der Waals surface area contributed by atoms with Gasteiger partial charge in [-0.25, -0.2) is 0 Å². The zero-order valence-electron chi connectivity index (χ0n) is 8.47. The lowest BCUT2D eigenvalue weighted by atomic mass is 9.77. The minimum Gasteiger partial charge on any atom is -0.311 e. The van der Waals surface area contributed by atoms with Gasteiger partial charge in [-0.2, -0.15) is 0 Å². The molecule has 0 aromatic heterocycles. The van der Waals surface area contributed by atoms with E-state index in [1.54, 1.807) is 0 Å². The number of fused-ring (bicyclic) bond motifs is 1. The molecule has 1 heterocycles. The number of hydrogen-bond acceptors (Lipinski definition) is 1. The van der Waals surface area contributed by atoms with Gasteiger partial charge < -0.3 is 5.32 Å². The summed E-state index contributed by atoms with van der Waals surface area (Å²) in [6.45, 7) is 3.82. The van der Waals surface area contributed by atoms with E-state index in [1.165, 1.54) is 38.5 Å². The van der Waals surface area contributed by atoms with Gasteiger partial charge in [0.2, 0.25) is 0 Å². The van der Waals surface area contributed by atoms with Crippen LogP contribution in [0.2, 0.25) is 0 Å². The summed E-state index contributed by atoms with van der Waals surface area (Å²) < 4.78 is 0. The molecule has 13 heavy (non-hydrogen) atoms. The van der Waals surface area contributed by atoms with Crippen molar-refractivity contribution >= 4 is 0 Å². The molecule has 1 heteroatoms. The molecule has 0 amide bonds. The van der Waals surface area contributed by atoms with Gasteiger partial charge in [0.05, 0.1) is 0 Å². The van der Waals surface area contributed by atoms with Crippen LogP contribution in [0.1, 0.15) is 44.9 Å². The standard InChI is InChI=1S/C12H21N/c1-2-5-11-9-8-10-6-3-4-7-12(10)13-11/h2,10-13H,1,3-9H2/t10-,11+,12-/m1/s1. The number of piperidine rings is 1. The maximum absolute atomic E-state index is 3.82. The second-order valence-electron chi connectivity index (χ2n) is 4.62. The molecule has 1 saturated carbocycles. The Balaban J connectivity index is 1.87. The summed E-state index contributed by atoms with van der Waals surface area (Å²) in [5.41, 5.74) is 0. The van der Waals surface area contributed by atoms with E-state index in [4.69, 9.17) is 0 Å². The van der Waals surface area contributed by atoms with Crippen molar-refractivity contribution in [3.05, 3.63) is 12.7 Å². The van der Waals surface area contributed by atoms with Crippen molar-refractivity contribution in [3.8, 4) is 0 Å². The Labute approximate surface area is 81.6 Å². The van der Waals surface area contributed by atoms with Crippen LogP contribution in [0, 0.1) is 5.92 Å². The van der Waals surface area contributed by atoms with Gasteiger partial charge in [-0.1, -0.05) is 18.9 Å². The van der Waals surface area contributed by atoms with Crippen LogP contribution in [0.4, 0.5) is 0 Å². The van der Waals surface area contributed by atoms with E-state index < -0.39 is 0 Å². The lowest BCUT2D eigenvalue weighted by Crippen LogP contribution is -2.48. The van der Waals surface area contributed by atoms with Gasteiger partial charge in [0.15, 0.2) is 0 Å². The fourth-order valence-electron chi connectivity index (χ4n) is 2.96. The first kappa shape index (κ1) is 9.26. The highest BCUT2D eigenvalue weighted by Gasteiger charge is 2.30. The molecule has 2 aliphatic rings. The molecule has 2 rings (SSSR count). The van der Waals surface area contributed by atoms with Gasteiger partial charge in [-0.15, -0.1) is 6.58 Å². The Morgan fingerprint density at radius 1 is 1.15 bits per heavy atom. The summed E-state index contributed by atoms with van der Waals surface area (Å²) in [5.74, 6) is 0.995. The first-order valence-electron chi connectivity index (χ1n) is 5.77. The van der Waals surface area contributed by atoms with Crippen molar-refractivity contribution in [2.24, 2.45) is 5.92 Å². The monoisotopic (exact) mass is 179 g/mol. The number of rotatable bonds is 2. The maximum atomic E-state index is 3.82. The van der Waals surface area contributed by atoms with Crippen molar-refractivity contribution in [1.82, 2.24) is 5.32 Å². The largest absolute Gasteiger partial charge is 0.311 e. The first-order valence-corrected chi connectivity index (χ1v) is 5.77. The summed E-state index contributed by atoms with van der Waals surface area (Å²) in [5, 5.41) is 3.79. The Kier molecular flexibility index (Phi) is 3.05. The second-order valence-corrected chi connectivity index (χ2v) is 4.62. The van der Waals surface area contributed by atoms with E-state index in [0.717, 1.165) is 24.4 Å². The molecule has 1 saturated heterocycles. The highest BCUT2D eigenvalue weighted by Crippen LogP contribution is 2.32. The molecule has 2 fully saturated rings. The zero-order chi connectivity index (χ0) is 9.10. The molecule has 0 radical (unpaired) electrons. The van der Waals surface area contributed by atoms with Crippen LogP contribution >= 0.6 is 0 Å². The van der Waals surface area contributed by atoms with E-state index in [0.29, 0.717) is 0 Å². The third kappa shape index (κ3) is 2.14. The summed E-state index contributed by atoms with van der Waals surface area (Å²) in [6.07, 6.45) is 11.8. The van der Waals surface area contributed by atoms with E-state index in [9.17, 15) is 0 Å². The Morgan fingerprint density at radius 2 is 2.00 bits per heavy atom. The number of nitrogens with one attached hydrogen (secondary N) is 1. The van der Waals surface area contributed by atoms with Crippen molar-refractivity contribution in [3.63, 3.8) is 0 Å². The van der Waals surface area contributed by atoms with Crippen LogP contribution < -0.4 is 5.32 Å². The van der Waals surface area contributed by atoms with Gasteiger partial charge in [-0.3, -0.25) is 0 Å². The molecule has 1 N–H and O–H groups in total. The normalized spacial score (nSPS) is 39.5. The molecule has 0 aromatic carbocycles. The van der Waals surface area contributed by atoms with Crippen molar-refractivity contribution in [2.45, 2.75) is 57.0 Å². The average Bonchev–Trinajstić information content (AvgIpc) is 2.18. The third-order valence-electron chi connectivity index (χ3n) is 3.70. The number of hydrogen-bond donors (Lipinski definition) is 1. The predicted octanol–water partition coefficient (Wildman–Crippen LogP) is 2.87. The van der Waals surface area contributed by atoms with Crippen molar-refractivity contribution < 1.29 is 0 Å². The molecule has 1 aliphatic heterocycles. The second kappa shape index (κ2) is 4.28. The van der Waals surface area contributed by atoms with E-state index in [1.807, 2.05) is 0 Å². The van der Waals surface area contributed by atoms with Gasteiger partial charge in [0.1, 0.15) is 0 Å². The molecule has 0 aromatic rings. The highest BCUT2D eigenvalue weighted by atomic mass is 15.0. The van der Waals surface area contributed by atoms with Gasteiger partial charge in [0, 0.05) is 12.1 Å². The molecule has 1 nitrogen and oxygen atoms in total. The molecule has 3 atom stereocenters. The van der Waals surface area contributed by atoms with Crippen LogP contribution in [0.3, 0.4) is 0 Å². The third-order valence-corrected chi connectivity index (χ3v) is 3.70. The topological polar surface area (TPSA) is 12.0 Å². The summed E-state index contributed by atoms with van der Waals surface area (Å²) in [7, 11) is 0. The van der Waals surface area contributed by atoms with Crippen LogP contribution in [0.15, 0.2) is 12.7 Å². The Bertz CT molecular complexity index is 176. The molecular formula is C12H21N. The molecule has 1 aliphatic carbocycles. The fraction of sp³-hybridized carbons (Fsp3) is 0.833. The van der Waals surface area contributed by atoms with E-state index in [2.05, 4.69) is 18.0 Å². The summed E-state index contributed by atoms with van der Waals surface area (Å²) in [6, 6.07) is 1.57. The molecule has 0 bridgehead atoms. The molecule has 74 valence electrons. The molecule has 0 unspecified atom stereocenters. The minimum atomic E-state index is 0.733. The summed E-state index contributed by atoms with van der Waals surface area (Å²) >= 11 is 0. The van der Waals surface area contributed by atoms with Gasteiger partial charge >= 0.3 is 0 Å². The van der Waals surface area contributed by atoms with Crippen molar-refractivity contribution in [2.75, 3.05) is 0 Å². The minimum absolute atomic E-state index is 0.733. The SMILES string of the molecule is C=CC[C@H]1CC[C@H]2CCCC[C@H]2N1. The smallest absolute Gasteiger partial charge is 0.0104 e. The highest BCUT2D eigenvalue weighted by molar-refractivity contribution is 4.91. The van der Waals surface area contributed by atoms with Crippen LogP contribution in [0.25, 0.3) is 0 Å². The quantitative estimate of drug-likeness (QED) is 0.643. The maximum Gasteiger partial charge on any atom is 0.0104 e. The zero-order valence-corrected chi connectivity index (χ0v) is 8.47. The summed E-state index contributed by atoms with van der Waals surface area (Å²) in [4.78, 5) is 0. The fourth-order valence-corrected chi connectivity index (χ4v) is 2.96. The van der Waals surface area contributed by atoms with Crippen LogP contribution in [-0.4, -0.2) is 12.1 Å². The molecular weight excluding hydrogens is 158 g/mol. The van der Waals surface area contributed by atoms with Crippen molar-refractivity contribution in [1.29, 1.82) is 0 Å². The Hall–Kier alpha value is -0.300.